The fourth-order valence-corrected chi connectivity index (χ4v) is 2.55. The van der Waals surface area contributed by atoms with Crippen LogP contribution in [0.15, 0.2) is 30.3 Å². The Hall–Kier alpha value is -0.860. The predicted octanol–water partition coefficient (Wildman–Crippen LogP) is 2.68. The number of hydrogen-bond donors (Lipinski definition) is 1. The molecule has 0 amide bonds. The minimum Gasteiger partial charge on any atom is -0.329 e. The first-order valence-electron chi connectivity index (χ1n) is 7.09. The Kier molecular flexibility index (Phi) is 4.41. The average Bonchev–Trinajstić information content (AvgIpc) is 3.20. The maximum Gasteiger partial charge on any atom is 0.0303 e. The fourth-order valence-electron chi connectivity index (χ4n) is 2.55. The van der Waals surface area contributed by atoms with Crippen LogP contribution >= 0.6 is 0 Å². The molecule has 2 rings (SSSR count). The molecule has 0 saturated heterocycles. The third kappa shape index (κ3) is 3.56. The highest BCUT2D eigenvalue weighted by atomic mass is 15.2. The number of hydrogen-bond acceptors (Lipinski definition) is 2. The van der Waals surface area contributed by atoms with E-state index in [4.69, 9.17) is 5.73 Å². The molecule has 0 radical (unpaired) electrons. The second-order valence-electron chi connectivity index (χ2n) is 6.01. The minimum absolute atomic E-state index is 0.177. The zero-order valence-corrected chi connectivity index (χ0v) is 11.7. The number of nitrogens with zero attached hydrogens (tertiary/aromatic N) is 1. The predicted molar refractivity (Wildman–Crippen MR) is 77.6 cm³/mol. The number of benzene rings is 1. The van der Waals surface area contributed by atoms with Gasteiger partial charge in [-0.15, -0.1) is 0 Å². The summed E-state index contributed by atoms with van der Waals surface area (Å²) in [7, 11) is 2.22. The molecule has 2 N–H and O–H groups in total. The molecule has 1 aromatic rings. The van der Waals surface area contributed by atoms with Crippen LogP contribution in [0, 0.1) is 5.92 Å². The molecule has 2 heteroatoms. The van der Waals surface area contributed by atoms with Crippen LogP contribution < -0.4 is 5.73 Å². The molecule has 1 unspecified atom stereocenters. The summed E-state index contributed by atoms with van der Waals surface area (Å²) < 4.78 is 0. The fraction of sp³-hybridized carbons (Fsp3) is 0.625. The van der Waals surface area contributed by atoms with Gasteiger partial charge in [0.2, 0.25) is 0 Å². The van der Waals surface area contributed by atoms with E-state index in [0.717, 1.165) is 25.4 Å². The Labute approximate surface area is 111 Å². The molecule has 1 aliphatic rings. The summed E-state index contributed by atoms with van der Waals surface area (Å²) in [6.07, 6.45) is 5.18. The van der Waals surface area contributed by atoms with Gasteiger partial charge in [0.05, 0.1) is 0 Å². The molecule has 2 nitrogen and oxygen atoms in total. The van der Waals surface area contributed by atoms with E-state index in [1.54, 1.807) is 0 Å². The maximum atomic E-state index is 6.01. The molecule has 1 aromatic carbocycles. The molecule has 0 aromatic heterocycles. The second-order valence-corrected chi connectivity index (χ2v) is 6.01. The summed E-state index contributed by atoms with van der Waals surface area (Å²) in [5.41, 5.74) is 7.60. The van der Waals surface area contributed by atoms with E-state index in [-0.39, 0.29) is 5.54 Å². The third-order valence-electron chi connectivity index (χ3n) is 4.37. The first kappa shape index (κ1) is 13.6. The van der Waals surface area contributed by atoms with Gasteiger partial charge in [0, 0.05) is 18.6 Å². The molecule has 1 saturated carbocycles. The topological polar surface area (TPSA) is 29.3 Å². The molecule has 18 heavy (non-hydrogen) atoms. The lowest BCUT2D eigenvalue weighted by atomic mass is 9.92. The Balaban J connectivity index is 1.86. The molecule has 0 spiro atoms. The molecule has 0 bridgehead atoms. The van der Waals surface area contributed by atoms with E-state index in [2.05, 4.69) is 49.2 Å². The van der Waals surface area contributed by atoms with Crippen molar-refractivity contribution in [3.8, 4) is 0 Å². The van der Waals surface area contributed by atoms with Gasteiger partial charge in [-0.2, -0.15) is 0 Å². The van der Waals surface area contributed by atoms with Crippen LogP contribution in [0.1, 0.15) is 31.7 Å². The molecule has 1 aliphatic carbocycles. The van der Waals surface area contributed by atoms with E-state index in [1.807, 2.05) is 0 Å². The highest BCUT2D eigenvalue weighted by Gasteiger charge is 2.35. The average molecular weight is 246 g/mol. The summed E-state index contributed by atoms with van der Waals surface area (Å²) in [6.45, 7) is 4.16. The van der Waals surface area contributed by atoms with Crippen LogP contribution in [-0.2, 0) is 6.42 Å². The third-order valence-corrected chi connectivity index (χ3v) is 4.37. The number of rotatable bonds is 7. The van der Waals surface area contributed by atoms with Gasteiger partial charge in [-0.1, -0.05) is 43.2 Å². The van der Waals surface area contributed by atoms with Gasteiger partial charge < -0.3 is 5.73 Å². The smallest absolute Gasteiger partial charge is 0.0303 e. The van der Waals surface area contributed by atoms with Gasteiger partial charge in [0.15, 0.2) is 0 Å². The van der Waals surface area contributed by atoms with Crippen LogP contribution in [0.2, 0.25) is 0 Å². The summed E-state index contributed by atoms with van der Waals surface area (Å²) in [5.74, 6) is 0.928. The van der Waals surface area contributed by atoms with E-state index >= 15 is 0 Å². The quantitative estimate of drug-likeness (QED) is 0.801. The lowest BCUT2D eigenvalue weighted by molar-refractivity contribution is 0.129. The van der Waals surface area contributed by atoms with Crippen LogP contribution in [0.3, 0.4) is 0 Å². The maximum absolute atomic E-state index is 6.01. The molecule has 1 fully saturated rings. The van der Waals surface area contributed by atoms with Gasteiger partial charge in [-0.25, -0.2) is 0 Å². The number of likely N-dealkylation sites (N-methyl/N-ethyl adjacent to an activating group) is 1. The second kappa shape index (κ2) is 5.85. The van der Waals surface area contributed by atoms with Crippen molar-refractivity contribution in [1.29, 1.82) is 0 Å². The standard InChI is InChI=1S/C16H26N2/c1-16(13-17,12-15-8-9-15)18(2)11-10-14-6-4-3-5-7-14/h3-7,15H,8-13,17H2,1-2H3. The van der Waals surface area contributed by atoms with Crippen molar-refractivity contribution in [1.82, 2.24) is 4.90 Å². The van der Waals surface area contributed by atoms with Gasteiger partial charge in [-0.3, -0.25) is 4.90 Å². The van der Waals surface area contributed by atoms with Crippen LogP contribution in [0.4, 0.5) is 0 Å². The van der Waals surface area contributed by atoms with Gasteiger partial charge >= 0.3 is 0 Å². The van der Waals surface area contributed by atoms with Crippen molar-refractivity contribution in [3.63, 3.8) is 0 Å². The summed E-state index contributed by atoms with van der Waals surface area (Å²) in [5, 5.41) is 0. The summed E-state index contributed by atoms with van der Waals surface area (Å²) in [6, 6.07) is 10.7. The van der Waals surface area contributed by atoms with E-state index in [0.29, 0.717) is 0 Å². The van der Waals surface area contributed by atoms with Crippen molar-refractivity contribution in [2.75, 3.05) is 20.1 Å². The minimum atomic E-state index is 0.177. The highest BCUT2D eigenvalue weighted by molar-refractivity contribution is 5.15. The van der Waals surface area contributed by atoms with Gasteiger partial charge in [-0.05, 0) is 38.3 Å². The van der Waals surface area contributed by atoms with Crippen molar-refractivity contribution in [2.45, 2.75) is 38.1 Å². The molecule has 0 aliphatic heterocycles. The van der Waals surface area contributed by atoms with Crippen LogP contribution in [0.5, 0.6) is 0 Å². The summed E-state index contributed by atoms with van der Waals surface area (Å²) in [4.78, 5) is 2.46. The Morgan fingerprint density at radius 1 is 1.28 bits per heavy atom. The zero-order chi connectivity index (χ0) is 13.0. The molecular weight excluding hydrogens is 220 g/mol. The molecule has 100 valence electrons. The van der Waals surface area contributed by atoms with Crippen LogP contribution in [-0.4, -0.2) is 30.6 Å². The Morgan fingerprint density at radius 2 is 1.94 bits per heavy atom. The largest absolute Gasteiger partial charge is 0.329 e. The Morgan fingerprint density at radius 3 is 2.50 bits per heavy atom. The summed E-state index contributed by atoms with van der Waals surface area (Å²) >= 11 is 0. The highest BCUT2D eigenvalue weighted by Crippen LogP contribution is 2.38. The van der Waals surface area contributed by atoms with E-state index in [1.165, 1.54) is 24.8 Å². The SMILES string of the molecule is CN(CCc1ccccc1)C(C)(CN)CC1CC1. The normalized spacial score (nSPS) is 18.9. The van der Waals surface area contributed by atoms with Crippen molar-refractivity contribution < 1.29 is 0 Å². The lowest BCUT2D eigenvalue weighted by Gasteiger charge is -2.38. The first-order valence-corrected chi connectivity index (χ1v) is 7.09. The van der Waals surface area contributed by atoms with E-state index < -0.39 is 0 Å². The zero-order valence-electron chi connectivity index (χ0n) is 11.7. The number of nitrogens with two attached hydrogens (primary N) is 1. The monoisotopic (exact) mass is 246 g/mol. The van der Waals surface area contributed by atoms with Crippen LogP contribution in [0.25, 0.3) is 0 Å². The van der Waals surface area contributed by atoms with E-state index in [9.17, 15) is 0 Å². The van der Waals surface area contributed by atoms with Crippen molar-refractivity contribution in [2.24, 2.45) is 11.7 Å². The van der Waals surface area contributed by atoms with Crippen molar-refractivity contribution >= 4 is 0 Å². The molecular formula is C16H26N2. The lowest BCUT2D eigenvalue weighted by Crippen LogP contribution is -2.50. The van der Waals surface area contributed by atoms with Crippen molar-refractivity contribution in [3.05, 3.63) is 35.9 Å². The first-order chi connectivity index (χ1) is 8.64. The molecule has 1 atom stereocenters. The Bertz CT molecular complexity index is 359. The van der Waals surface area contributed by atoms with Gasteiger partial charge in [0.25, 0.3) is 0 Å². The van der Waals surface area contributed by atoms with Gasteiger partial charge in [0.1, 0.15) is 0 Å². The molecule has 0 heterocycles.